The molecular formula is C9H9BrO2. The van der Waals surface area contributed by atoms with Gasteiger partial charge in [-0.1, -0.05) is 13.0 Å². The molecule has 1 aliphatic heterocycles. The molecule has 0 radical (unpaired) electrons. The largest absolute Gasteiger partial charge is 0.454 e. The third-order valence-corrected chi connectivity index (χ3v) is 2.81. The third-order valence-electron chi connectivity index (χ3n) is 1.94. The van der Waals surface area contributed by atoms with E-state index in [0.717, 1.165) is 22.4 Å². The molecule has 0 atom stereocenters. The molecule has 1 heterocycles. The Balaban J connectivity index is 2.54. The Labute approximate surface area is 79.6 Å². The van der Waals surface area contributed by atoms with E-state index in [-0.39, 0.29) is 0 Å². The van der Waals surface area contributed by atoms with Gasteiger partial charge in [-0.15, -0.1) is 0 Å². The highest BCUT2D eigenvalue weighted by atomic mass is 79.9. The average molecular weight is 229 g/mol. The van der Waals surface area contributed by atoms with Crippen LogP contribution in [0.3, 0.4) is 0 Å². The second-order valence-electron chi connectivity index (χ2n) is 2.63. The minimum atomic E-state index is 0.334. The molecule has 0 N–H and O–H groups in total. The minimum absolute atomic E-state index is 0.334. The number of fused-ring (bicyclic) bond motifs is 1. The summed E-state index contributed by atoms with van der Waals surface area (Å²) in [6.07, 6.45) is 0.997. The van der Waals surface area contributed by atoms with E-state index in [1.54, 1.807) is 0 Å². The van der Waals surface area contributed by atoms with Crippen molar-refractivity contribution in [2.75, 3.05) is 6.79 Å². The fourth-order valence-corrected chi connectivity index (χ4v) is 1.97. The SMILES string of the molecule is CCc1ccc2c(c1Br)OCO2. The minimum Gasteiger partial charge on any atom is -0.454 e. The molecular weight excluding hydrogens is 220 g/mol. The van der Waals surface area contributed by atoms with Crippen LogP contribution >= 0.6 is 15.9 Å². The molecule has 0 saturated carbocycles. The summed E-state index contributed by atoms with van der Waals surface area (Å²) in [5, 5.41) is 0. The molecule has 0 saturated heterocycles. The quantitative estimate of drug-likeness (QED) is 0.737. The van der Waals surface area contributed by atoms with Gasteiger partial charge in [0.1, 0.15) is 0 Å². The predicted octanol–water partition coefficient (Wildman–Crippen LogP) is 2.74. The molecule has 0 fully saturated rings. The first-order chi connectivity index (χ1) is 5.83. The summed E-state index contributed by atoms with van der Waals surface area (Å²) in [6.45, 7) is 2.45. The van der Waals surface area contributed by atoms with E-state index in [2.05, 4.69) is 28.9 Å². The first kappa shape index (κ1) is 7.92. The number of halogens is 1. The Morgan fingerprint density at radius 3 is 3.00 bits per heavy atom. The highest BCUT2D eigenvalue weighted by molar-refractivity contribution is 9.10. The van der Waals surface area contributed by atoms with Crippen LogP contribution in [0, 0.1) is 0 Å². The summed E-state index contributed by atoms with van der Waals surface area (Å²) in [5.74, 6) is 1.67. The zero-order valence-corrected chi connectivity index (χ0v) is 8.35. The van der Waals surface area contributed by atoms with Crippen molar-refractivity contribution < 1.29 is 9.47 Å². The molecule has 1 aromatic rings. The van der Waals surface area contributed by atoms with Crippen LogP contribution in [0.25, 0.3) is 0 Å². The molecule has 2 nitrogen and oxygen atoms in total. The van der Waals surface area contributed by atoms with Gasteiger partial charge in [0.05, 0.1) is 4.47 Å². The highest BCUT2D eigenvalue weighted by Crippen LogP contribution is 2.40. The number of hydrogen-bond acceptors (Lipinski definition) is 2. The lowest BCUT2D eigenvalue weighted by atomic mass is 10.1. The molecule has 0 amide bonds. The second-order valence-corrected chi connectivity index (χ2v) is 3.42. The van der Waals surface area contributed by atoms with Crippen molar-refractivity contribution in [1.82, 2.24) is 0 Å². The lowest BCUT2D eigenvalue weighted by Gasteiger charge is -2.03. The van der Waals surface area contributed by atoms with Crippen molar-refractivity contribution in [2.24, 2.45) is 0 Å². The van der Waals surface area contributed by atoms with Gasteiger partial charge in [0.2, 0.25) is 6.79 Å². The van der Waals surface area contributed by atoms with E-state index in [9.17, 15) is 0 Å². The lowest BCUT2D eigenvalue weighted by molar-refractivity contribution is 0.173. The van der Waals surface area contributed by atoms with E-state index in [4.69, 9.17) is 9.47 Å². The number of rotatable bonds is 1. The third kappa shape index (κ3) is 1.08. The molecule has 1 aliphatic rings. The van der Waals surface area contributed by atoms with Gasteiger partial charge in [-0.05, 0) is 34.0 Å². The maximum atomic E-state index is 5.30. The van der Waals surface area contributed by atoms with Gasteiger partial charge in [-0.2, -0.15) is 0 Å². The Kier molecular flexibility index (Phi) is 1.97. The van der Waals surface area contributed by atoms with Crippen LogP contribution < -0.4 is 9.47 Å². The Bertz CT molecular complexity index is 310. The van der Waals surface area contributed by atoms with Gasteiger partial charge in [-0.25, -0.2) is 0 Å². The lowest BCUT2D eigenvalue weighted by Crippen LogP contribution is -1.93. The first-order valence-electron chi connectivity index (χ1n) is 3.90. The summed E-state index contributed by atoms with van der Waals surface area (Å²) in [4.78, 5) is 0. The van der Waals surface area contributed by atoms with Crippen LogP contribution in [0.15, 0.2) is 16.6 Å². The number of aryl methyl sites for hydroxylation is 1. The number of hydrogen-bond donors (Lipinski definition) is 0. The van der Waals surface area contributed by atoms with Crippen molar-refractivity contribution >= 4 is 15.9 Å². The fourth-order valence-electron chi connectivity index (χ4n) is 1.25. The Hall–Kier alpha value is -0.700. The monoisotopic (exact) mass is 228 g/mol. The Morgan fingerprint density at radius 2 is 2.25 bits per heavy atom. The molecule has 0 bridgehead atoms. The van der Waals surface area contributed by atoms with Crippen molar-refractivity contribution in [3.8, 4) is 11.5 Å². The zero-order valence-electron chi connectivity index (χ0n) is 6.76. The van der Waals surface area contributed by atoms with E-state index in [1.807, 2.05) is 6.07 Å². The van der Waals surface area contributed by atoms with E-state index < -0.39 is 0 Å². The second kappa shape index (κ2) is 2.98. The summed E-state index contributed by atoms with van der Waals surface area (Å²) in [7, 11) is 0. The van der Waals surface area contributed by atoms with Crippen LogP contribution in [0.1, 0.15) is 12.5 Å². The first-order valence-corrected chi connectivity index (χ1v) is 4.69. The molecule has 3 heteroatoms. The van der Waals surface area contributed by atoms with Gasteiger partial charge >= 0.3 is 0 Å². The van der Waals surface area contributed by atoms with E-state index in [0.29, 0.717) is 6.79 Å². The van der Waals surface area contributed by atoms with Crippen molar-refractivity contribution in [1.29, 1.82) is 0 Å². The smallest absolute Gasteiger partial charge is 0.231 e. The van der Waals surface area contributed by atoms with Gasteiger partial charge in [-0.3, -0.25) is 0 Å². The molecule has 1 aromatic carbocycles. The molecule has 0 aromatic heterocycles. The average Bonchev–Trinajstić information content (AvgIpc) is 2.53. The van der Waals surface area contributed by atoms with Gasteiger partial charge < -0.3 is 9.47 Å². The summed E-state index contributed by atoms with van der Waals surface area (Å²) < 4.78 is 11.6. The standard InChI is InChI=1S/C9H9BrO2/c1-2-6-3-4-7-9(8(6)10)12-5-11-7/h3-4H,2,5H2,1H3. The van der Waals surface area contributed by atoms with Gasteiger partial charge in [0.15, 0.2) is 11.5 Å². The molecule has 0 spiro atoms. The van der Waals surface area contributed by atoms with Crippen LogP contribution in [0.4, 0.5) is 0 Å². The summed E-state index contributed by atoms with van der Waals surface area (Å²) >= 11 is 3.49. The van der Waals surface area contributed by atoms with Crippen LogP contribution in [0.5, 0.6) is 11.5 Å². The highest BCUT2D eigenvalue weighted by Gasteiger charge is 2.17. The number of benzene rings is 1. The van der Waals surface area contributed by atoms with E-state index >= 15 is 0 Å². The van der Waals surface area contributed by atoms with Gasteiger partial charge in [0, 0.05) is 0 Å². The molecule has 0 aliphatic carbocycles. The fraction of sp³-hybridized carbons (Fsp3) is 0.333. The Morgan fingerprint density at radius 1 is 1.42 bits per heavy atom. The predicted molar refractivity (Wildman–Crippen MR) is 49.6 cm³/mol. The van der Waals surface area contributed by atoms with Gasteiger partial charge in [0.25, 0.3) is 0 Å². The topological polar surface area (TPSA) is 18.5 Å². The molecule has 0 unspecified atom stereocenters. The van der Waals surface area contributed by atoms with Crippen molar-refractivity contribution in [2.45, 2.75) is 13.3 Å². The molecule has 12 heavy (non-hydrogen) atoms. The molecule has 2 rings (SSSR count). The summed E-state index contributed by atoms with van der Waals surface area (Å²) in [6, 6.07) is 4.00. The van der Waals surface area contributed by atoms with Crippen molar-refractivity contribution in [3.63, 3.8) is 0 Å². The van der Waals surface area contributed by atoms with Crippen LogP contribution in [-0.4, -0.2) is 6.79 Å². The molecule has 64 valence electrons. The van der Waals surface area contributed by atoms with Crippen LogP contribution in [0.2, 0.25) is 0 Å². The summed E-state index contributed by atoms with van der Waals surface area (Å²) in [5.41, 5.74) is 1.25. The normalized spacial score (nSPS) is 13.5. The zero-order chi connectivity index (χ0) is 8.55. The van der Waals surface area contributed by atoms with Crippen LogP contribution in [-0.2, 0) is 6.42 Å². The number of ether oxygens (including phenoxy) is 2. The maximum Gasteiger partial charge on any atom is 0.231 e. The maximum absolute atomic E-state index is 5.30. The van der Waals surface area contributed by atoms with E-state index in [1.165, 1.54) is 5.56 Å². The van der Waals surface area contributed by atoms with Crippen molar-refractivity contribution in [3.05, 3.63) is 22.2 Å².